The summed E-state index contributed by atoms with van der Waals surface area (Å²) < 4.78 is 106. The molecule has 1 aromatic carbocycles. The van der Waals surface area contributed by atoms with Crippen LogP contribution in [0.15, 0.2) is 30.5 Å². The van der Waals surface area contributed by atoms with Crippen molar-refractivity contribution < 1.29 is 55.2 Å². The summed E-state index contributed by atoms with van der Waals surface area (Å²) in [5, 5.41) is 13.2. The zero-order chi connectivity index (χ0) is 31.4. The fourth-order valence-corrected chi connectivity index (χ4v) is 5.97. The highest BCUT2D eigenvalue weighted by atomic mass is 19.4. The molecule has 0 unspecified atom stereocenters. The number of aliphatic carboxylic acids is 1. The zero-order valence-corrected chi connectivity index (χ0v) is 23.2. The Morgan fingerprint density at radius 2 is 1.84 bits per heavy atom. The molecule has 2 aliphatic carbocycles. The van der Waals surface area contributed by atoms with E-state index in [1.165, 1.54) is 25.1 Å². The first-order valence-electron chi connectivity index (χ1n) is 14.1. The standard InChI is InChI=1S/C29H27F6N3O6/c1-14(16-7-10-20-22(11-16)44-29(34,35)43-20)41-23-12-17(13-36-26(23)30)38-24-19(25(37-38)28(31,32)33)3-2-4-21(24)42-18-8-5-15(6-9-18)27(39)40/h7,10-15,18,21H,2-6,8-9H2,1H3,(H,39,40)/t14-,15?,18?,21-/m0/s1. The van der Waals surface area contributed by atoms with Crippen molar-refractivity contribution in [3.05, 3.63) is 58.9 Å². The van der Waals surface area contributed by atoms with Crippen molar-refractivity contribution in [1.82, 2.24) is 14.8 Å². The molecule has 3 heterocycles. The van der Waals surface area contributed by atoms with Crippen molar-refractivity contribution in [3.63, 3.8) is 0 Å². The van der Waals surface area contributed by atoms with Crippen LogP contribution in [0.5, 0.6) is 17.2 Å². The predicted octanol–water partition coefficient (Wildman–Crippen LogP) is 6.92. The number of ether oxygens (including phenoxy) is 4. The van der Waals surface area contributed by atoms with E-state index < -0.39 is 54.0 Å². The van der Waals surface area contributed by atoms with Gasteiger partial charge in [0.05, 0.1) is 29.6 Å². The Kier molecular flexibility index (Phi) is 7.62. The van der Waals surface area contributed by atoms with E-state index in [2.05, 4.69) is 19.6 Å². The number of aromatic nitrogens is 3. The first-order valence-corrected chi connectivity index (χ1v) is 14.1. The van der Waals surface area contributed by atoms with E-state index >= 15 is 0 Å². The lowest BCUT2D eigenvalue weighted by atomic mass is 9.87. The minimum atomic E-state index is -4.77. The van der Waals surface area contributed by atoms with Crippen LogP contribution in [0, 0.1) is 11.9 Å². The maximum absolute atomic E-state index is 14.8. The monoisotopic (exact) mass is 627 g/mol. The van der Waals surface area contributed by atoms with Gasteiger partial charge in [-0.25, -0.2) is 9.67 Å². The molecule has 1 saturated carbocycles. The number of rotatable bonds is 7. The van der Waals surface area contributed by atoms with Gasteiger partial charge in [0.15, 0.2) is 22.9 Å². The van der Waals surface area contributed by atoms with Crippen LogP contribution < -0.4 is 14.2 Å². The number of carbonyl (C=O) groups is 1. The summed E-state index contributed by atoms with van der Waals surface area (Å²) in [5.74, 6) is -3.24. The third-order valence-corrected chi connectivity index (χ3v) is 8.11. The van der Waals surface area contributed by atoms with Crippen LogP contribution >= 0.6 is 0 Å². The number of halogens is 6. The van der Waals surface area contributed by atoms with Crippen molar-refractivity contribution in [1.29, 1.82) is 0 Å². The Labute approximate surface area is 246 Å². The molecular formula is C29H27F6N3O6. The molecular weight excluding hydrogens is 600 g/mol. The van der Waals surface area contributed by atoms with E-state index in [0.717, 1.165) is 16.9 Å². The Bertz CT molecular complexity index is 1570. The molecule has 15 heteroatoms. The molecule has 0 radical (unpaired) electrons. The van der Waals surface area contributed by atoms with Crippen LogP contribution in [0.4, 0.5) is 26.3 Å². The van der Waals surface area contributed by atoms with Crippen LogP contribution in [-0.4, -0.2) is 38.2 Å². The minimum Gasteiger partial charge on any atom is -0.481 e. The van der Waals surface area contributed by atoms with E-state index in [1.807, 2.05) is 0 Å². The topological polar surface area (TPSA) is 105 Å². The van der Waals surface area contributed by atoms with Crippen molar-refractivity contribution in [2.45, 2.75) is 82.7 Å². The summed E-state index contributed by atoms with van der Waals surface area (Å²) in [4.78, 5) is 15.0. The van der Waals surface area contributed by atoms with E-state index in [9.17, 15) is 36.2 Å². The van der Waals surface area contributed by atoms with Gasteiger partial charge in [0.2, 0.25) is 0 Å². The Balaban J connectivity index is 1.30. The van der Waals surface area contributed by atoms with Gasteiger partial charge in [-0.2, -0.15) is 22.7 Å². The quantitative estimate of drug-likeness (QED) is 0.222. The summed E-state index contributed by atoms with van der Waals surface area (Å²) in [5.41, 5.74) is -0.599. The van der Waals surface area contributed by atoms with Crippen molar-refractivity contribution >= 4 is 5.97 Å². The fourth-order valence-electron chi connectivity index (χ4n) is 5.97. The second-order valence-electron chi connectivity index (χ2n) is 11.1. The second kappa shape index (κ2) is 11.2. The number of alkyl halides is 5. The molecule has 1 N–H and O–H groups in total. The van der Waals surface area contributed by atoms with Gasteiger partial charge in [-0.1, -0.05) is 6.07 Å². The molecule has 44 heavy (non-hydrogen) atoms. The van der Waals surface area contributed by atoms with E-state index in [0.29, 0.717) is 44.1 Å². The number of fused-ring (bicyclic) bond motifs is 2. The highest BCUT2D eigenvalue weighted by Crippen LogP contribution is 2.44. The predicted molar refractivity (Wildman–Crippen MR) is 138 cm³/mol. The zero-order valence-electron chi connectivity index (χ0n) is 23.2. The summed E-state index contributed by atoms with van der Waals surface area (Å²) in [7, 11) is 0. The van der Waals surface area contributed by atoms with Gasteiger partial charge in [-0.15, -0.1) is 8.78 Å². The lowest BCUT2D eigenvalue weighted by molar-refractivity contribution is -0.286. The largest absolute Gasteiger partial charge is 0.586 e. The van der Waals surface area contributed by atoms with Crippen LogP contribution in [0.3, 0.4) is 0 Å². The highest BCUT2D eigenvalue weighted by Gasteiger charge is 2.44. The SMILES string of the molecule is C[C@H](Oc1cc(-n2nc(C(F)(F)F)c3c2[C@@H](OC2CCC(C(=O)O)CC2)CCC3)cnc1F)c1ccc2c(c1)OC(F)(F)O2. The molecule has 0 bridgehead atoms. The van der Waals surface area contributed by atoms with E-state index in [1.54, 1.807) is 0 Å². The first-order chi connectivity index (χ1) is 20.8. The molecule has 3 aliphatic rings. The van der Waals surface area contributed by atoms with Gasteiger partial charge in [-0.05, 0) is 69.6 Å². The van der Waals surface area contributed by atoms with Gasteiger partial charge in [-0.3, -0.25) is 4.79 Å². The number of hydrogen-bond acceptors (Lipinski definition) is 7. The lowest BCUT2D eigenvalue weighted by Gasteiger charge is -2.32. The normalized spacial score (nSPS) is 23.2. The van der Waals surface area contributed by atoms with Crippen LogP contribution in [0.2, 0.25) is 0 Å². The Morgan fingerprint density at radius 3 is 2.55 bits per heavy atom. The molecule has 0 amide bonds. The maximum Gasteiger partial charge on any atom is 0.586 e. The lowest BCUT2D eigenvalue weighted by Crippen LogP contribution is -2.29. The van der Waals surface area contributed by atoms with Gasteiger partial charge in [0.1, 0.15) is 12.2 Å². The first kappa shape index (κ1) is 30.0. The highest BCUT2D eigenvalue weighted by molar-refractivity contribution is 5.70. The molecule has 1 fully saturated rings. The molecule has 0 spiro atoms. The number of pyridine rings is 1. The Morgan fingerprint density at radius 1 is 1.11 bits per heavy atom. The molecule has 6 rings (SSSR count). The molecule has 9 nitrogen and oxygen atoms in total. The molecule has 3 aromatic rings. The van der Waals surface area contributed by atoms with Crippen LogP contribution in [0.25, 0.3) is 5.69 Å². The molecule has 236 valence electrons. The summed E-state index contributed by atoms with van der Waals surface area (Å²) >= 11 is 0. The smallest absolute Gasteiger partial charge is 0.481 e. The third-order valence-electron chi connectivity index (χ3n) is 8.11. The van der Waals surface area contributed by atoms with Crippen LogP contribution in [0.1, 0.15) is 80.2 Å². The molecule has 2 aromatic heterocycles. The average Bonchev–Trinajstić information content (AvgIpc) is 3.51. The van der Waals surface area contributed by atoms with E-state index in [-0.39, 0.29) is 41.0 Å². The van der Waals surface area contributed by atoms with Gasteiger partial charge >= 0.3 is 18.4 Å². The number of nitrogens with zero attached hydrogens (tertiary/aromatic N) is 3. The second-order valence-corrected chi connectivity index (χ2v) is 11.1. The Hall–Kier alpha value is -4.01. The maximum atomic E-state index is 14.8. The minimum absolute atomic E-state index is 0.00392. The average molecular weight is 628 g/mol. The number of carboxylic acids is 1. The molecule has 0 saturated heterocycles. The van der Waals surface area contributed by atoms with Crippen molar-refractivity contribution in [3.8, 4) is 22.9 Å². The van der Waals surface area contributed by atoms with Gasteiger partial charge < -0.3 is 24.1 Å². The molecule has 2 atom stereocenters. The number of hydrogen-bond donors (Lipinski definition) is 1. The third kappa shape index (κ3) is 5.88. The fraction of sp³-hybridized carbons (Fsp3) is 0.483. The van der Waals surface area contributed by atoms with Crippen molar-refractivity contribution in [2.75, 3.05) is 0 Å². The van der Waals surface area contributed by atoms with E-state index in [4.69, 9.17) is 9.47 Å². The summed E-state index contributed by atoms with van der Waals surface area (Å²) in [6.07, 6.45) is -6.94. The van der Waals surface area contributed by atoms with Gasteiger partial charge in [0, 0.05) is 11.6 Å². The van der Waals surface area contributed by atoms with Gasteiger partial charge in [0.25, 0.3) is 5.95 Å². The number of carboxylic acid groups (broad SMARTS) is 1. The van der Waals surface area contributed by atoms with Crippen molar-refractivity contribution in [2.24, 2.45) is 5.92 Å². The summed E-state index contributed by atoms with van der Waals surface area (Å²) in [6.45, 7) is 1.52. The summed E-state index contributed by atoms with van der Waals surface area (Å²) in [6, 6.07) is 5.09. The molecule has 1 aliphatic heterocycles. The number of benzene rings is 1. The van der Waals surface area contributed by atoms with Crippen LogP contribution in [-0.2, 0) is 22.1 Å².